The van der Waals surface area contributed by atoms with Crippen LogP contribution < -0.4 is 16.0 Å². The molecule has 1 aliphatic rings. The lowest BCUT2D eigenvalue weighted by atomic mass is 9.96. The summed E-state index contributed by atoms with van der Waals surface area (Å²) in [5, 5.41) is 22.6. The second-order valence-electron chi connectivity index (χ2n) is 8.28. The second-order valence-corrected chi connectivity index (χ2v) is 9.29. The molecule has 1 fully saturated rings. The quantitative estimate of drug-likeness (QED) is 0.358. The lowest BCUT2D eigenvalue weighted by Gasteiger charge is -2.32. The van der Waals surface area contributed by atoms with Gasteiger partial charge in [-0.2, -0.15) is 0 Å². The molecule has 2 amide bonds. The fourth-order valence-electron chi connectivity index (χ4n) is 3.88. The van der Waals surface area contributed by atoms with Crippen molar-refractivity contribution in [3.63, 3.8) is 0 Å². The van der Waals surface area contributed by atoms with Crippen molar-refractivity contribution in [2.24, 2.45) is 18.7 Å². The van der Waals surface area contributed by atoms with E-state index in [1.807, 2.05) is 24.3 Å². The number of hydrogen-bond donors (Lipinski definition) is 2. The zero-order chi connectivity index (χ0) is 24.9. The first-order valence-corrected chi connectivity index (χ1v) is 11.8. The lowest BCUT2D eigenvalue weighted by Crippen LogP contribution is -2.38. The van der Waals surface area contributed by atoms with E-state index in [1.165, 1.54) is 12.4 Å². The largest absolute Gasteiger partial charge is 0.371 e. The van der Waals surface area contributed by atoms with Crippen molar-refractivity contribution in [3.05, 3.63) is 70.0 Å². The Morgan fingerprint density at radius 1 is 1.20 bits per heavy atom. The molecule has 3 aromatic rings. The summed E-state index contributed by atoms with van der Waals surface area (Å²) in [6.45, 7) is 1.83. The molecule has 35 heavy (non-hydrogen) atoms. The Bertz CT molecular complexity index is 1240. The molecule has 182 valence electrons. The highest BCUT2D eigenvalue weighted by Gasteiger charge is 2.23. The molecule has 0 bridgehead atoms. The predicted octanol–water partition coefficient (Wildman–Crippen LogP) is 2.51. The van der Waals surface area contributed by atoms with E-state index in [-0.39, 0.29) is 29.6 Å². The Balaban J connectivity index is 1.36. The van der Waals surface area contributed by atoms with Gasteiger partial charge in [0.1, 0.15) is 6.33 Å². The first kappa shape index (κ1) is 24.2. The van der Waals surface area contributed by atoms with E-state index in [2.05, 4.69) is 20.4 Å². The van der Waals surface area contributed by atoms with Crippen LogP contribution in [-0.4, -0.2) is 44.6 Å². The minimum Gasteiger partial charge on any atom is -0.371 e. The number of piperidine rings is 1. The third kappa shape index (κ3) is 5.77. The van der Waals surface area contributed by atoms with E-state index >= 15 is 0 Å². The fourth-order valence-corrected chi connectivity index (χ4v) is 4.73. The maximum atomic E-state index is 12.7. The van der Waals surface area contributed by atoms with Crippen LogP contribution in [-0.2, 0) is 18.4 Å². The van der Waals surface area contributed by atoms with Gasteiger partial charge in [0.15, 0.2) is 5.16 Å². The molecule has 12 heteroatoms. The topological polar surface area (TPSA) is 149 Å². The molecule has 11 nitrogen and oxygen atoms in total. The van der Waals surface area contributed by atoms with Gasteiger partial charge in [-0.3, -0.25) is 19.7 Å². The summed E-state index contributed by atoms with van der Waals surface area (Å²) in [6, 6.07) is 12.2. The third-order valence-corrected chi connectivity index (χ3v) is 7.06. The molecule has 2 aromatic carbocycles. The Kier molecular flexibility index (Phi) is 7.30. The molecule has 3 N–H and O–H groups in total. The number of nitrogens with two attached hydrogens (primary N) is 1. The molecule has 0 atom stereocenters. The van der Waals surface area contributed by atoms with Gasteiger partial charge in [-0.05, 0) is 54.4 Å². The number of rotatable bonds is 8. The highest BCUT2D eigenvalue weighted by molar-refractivity contribution is 7.99. The molecule has 0 radical (unpaired) electrons. The van der Waals surface area contributed by atoms with E-state index in [9.17, 15) is 19.7 Å². The Morgan fingerprint density at radius 2 is 1.91 bits per heavy atom. The molecular weight excluding hydrogens is 470 g/mol. The van der Waals surface area contributed by atoms with Crippen LogP contribution in [0.4, 0.5) is 11.4 Å². The highest BCUT2D eigenvalue weighted by Crippen LogP contribution is 2.34. The summed E-state index contributed by atoms with van der Waals surface area (Å²) < 4.78 is 1.66. The van der Waals surface area contributed by atoms with Crippen molar-refractivity contribution in [1.29, 1.82) is 0 Å². The molecule has 0 unspecified atom stereocenters. The number of anilines is 1. The molecular formula is C23H25N7O4S. The van der Waals surface area contributed by atoms with Crippen molar-refractivity contribution in [2.75, 3.05) is 18.0 Å². The summed E-state index contributed by atoms with van der Waals surface area (Å²) in [7, 11) is 1.74. The van der Waals surface area contributed by atoms with Gasteiger partial charge in [0.2, 0.25) is 5.91 Å². The number of amides is 2. The van der Waals surface area contributed by atoms with E-state index in [4.69, 9.17) is 5.73 Å². The molecule has 0 saturated carbocycles. The number of carbonyl (C=O) groups is 2. The van der Waals surface area contributed by atoms with E-state index < -0.39 is 10.8 Å². The van der Waals surface area contributed by atoms with Gasteiger partial charge in [0.25, 0.3) is 11.6 Å². The molecule has 0 spiro atoms. The number of aryl methyl sites for hydroxylation is 1. The minimum absolute atomic E-state index is 0.0592. The van der Waals surface area contributed by atoms with Crippen LogP contribution in [0.25, 0.3) is 0 Å². The minimum atomic E-state index is -0.513. The summed E-state index contributed by atoms with van der Waals surface area (Å²) in [6.07, 6.45) is 3.00. The van der Waals surface area contributed by atoms with Gasteiger partial charge in [-0.1, -0.05) is 12.1 Å². The average Bonchev–Trinajstić information content (AvgIpc) is 3.27. The SMILES string of the molecule is Cn1cnnc1Sc1ccc(C(=O)NCc2ccc(N3CCC(C(N)=O)CC3)cc2)cc1[N+](=O)[O-]. The van der Waals surface area contributed by atoms with Crippen LogP contribution >= 0.6 is 11.8 Å². The average molecular weight is 496 g/mol. The second kappa shape index (κ2) is 10.6. The van der Waals surface area contributed by atoms with Gasteiger partial charge in [0.05, 0.1) is 9.82 Å². The van der Waals surface area contributed by atoms with Crippen molar-refractivity contribution < 1.29 is 14.5 Å². The van der Waals surface area contributed by atoms with Crippen LogP contribution in [0.3, 0.4) is 0 Å². The first-order valence-electron chi connectivity index (χ1n) is 11.0. The molecule has 0 aliphatic carbocycles. The van der Waals surface area contributed by atoms with Crippen molar-refractivity contribution in [1.82, 2.24) is 20.1 Å². The normalized spacial score (nSPS) is 14.0. The van der Waals surface area contributed by atoms with Gasteiger partial charge >= 0.3 is 0 Å². The number of nitro groups is 1. The highest BCUT2D eigenvalue weighted by atomic mass is 32.2. The van der Waals surface area contributed by atoms with Crippen LogP contribution in [0.15, 0.2) is 58.8 Å². The predicted molar refractivity (Wildman–Crippen MR) is 130 cm³/mol. The zero-order valence-corrected chi connectivity index (χ0v) is 19.9. The summed E-state index contributed by atoms with van der Waals surface area (Å²) in [5.74, 6) is -0.697. The fraction of sp³-hybridized carbons (Fsp3) is 0.304. The lowest BCUT2D eigenvalue weighted by molar-refractivity contribution is -0.387. The number of nitrogens with one attached hydrogen (secondary N) is 1. The number of aromatic nitrogens is 3. The van der Waals surface area contributed by atoms with Gasteiger partial charge < -0.3 is 20.5 Å². The van der Waals surface area contributed by atoms with E-state index in [1.54, 1.807) is 23.7 Å². The standard InChI is InChI=1S/C23H25N7O4S/c1-28-14-26-27-23(28)35-20-7-4-17(12-19(20)30(33)34)22(32)25-13-15-2-5-18(6-3-15)29-10-8-16(9-11-29)21(24)31/h2-7,12,14,16H,8-11,13H2,1H3,(H2,24,31)(H,25,32). The van der Waals surface area contributed by atoms with Crippen LogP contribution in [0, 0.1) is 16.0 Å². The molecule has 2 heterocycles. The number of carbonyl (C=O) groups excluding carboxylic acids is 2. The van der Waals surface area contributed by atoms with Crippen LogP contribution in [0.1, 0.15) is 28.8 Å². The molecule has 1 aliphatic heterocycles. The number of primary amides is 1. The van der Waals surface area contributed by atoms with Crippen molar-refractivity contribution in [2.45, 2.75) is 29.4 Å². The molecule has 1 aromatic heterocycles. The number of benzene rings is 2. The number of nitro benzene ring substituents is 1. The van der Waals surface area contributed by atoms with Crippen LogP contribution in [0.5, 0.6) is 0 Å². The Hall–Kier alpha value is -3.93. The summed E-state index contributed by atoms with van der Waals surface area (Å²) in [4.78, 5) is 37.7. The van der Waals surface area contributed by atoms with E-state index in [0.29, 0.717) is 10.1 Å². The van der Waals surface area contributed by atoms with Gasteiger partial charge in [-0.15, -0.1) is 10.2 Å². The Labute approximate surface area is 205 Å². The summed E-state index contributed by atoms with van der Waals surface area (Å²) in [5.41, 5.74) is 7.38. The Morgan fingerprint density at radius 3 is 2.51 bits per heavy atom. The monoisotopic (exact) mass is 495 g/mol. The maximum absolute atomic E-state index is 12.7. The zero-order valence-electron chi connectivity index (χ0n) is 19.1. The summed E-state index contributed by atoms with van der Waals surface area (Å²) >= 11 is 1.11. The third-order valence-electron chi connectivity index (χ3n) is 5.94. The number of nitrogens with zero attached hydrogens (tertiary/aromatic N) is 5. The number of hydrogen-bond acceptors (Lipinski definition) is 8. The van der Waals surface area contributed by atoms with Crippen LogP contribution in [0.2, 0.25) is 0 Å². The maximum Gasteiger partial charge on any atom is 0.284 e. The van der Waals surface area contributed by atoms with Gasteiger partial charge in [0, 0.05) is 49.9 Å². The smallest absolute Gasteiger partial charge is 0.284 e. The molecule has 1 saturated heterocycles. The van der Waals surface area contributed by atoms with Crippen molar-refractivity contribution in [3.8, 4) is 0 Å². The first-order chi connectivity index (χ1) is 16.8. The van der Waals surface area contributed by atoms with E-state index in [0.717, 1.165) is 48.9 Å². The molecule has 4 rings (SSSR count). The van der Waals surface area contributed by atoms with Crippen molar-refractivity contribution >= 4 is 35.0 Å². The van der Waals surface area contributed by atoms with Gasteiger partial charge in [-0.25, -0.2) is 0 Å².